The van der Waals surface area contributed by atoms with Crippen LogP contribution in [0.1, 0.15) is 194 Å². The van der Waals surface area contributed by atoms with E-state index in [1.54, 1.807) is 6.08 Å². The van der Waals surface area contributed by atoms with Gasteiger partial charge in [0, 0.05) is 6.42 Å². The van der Waals surface area contributed by atoms with Gasteiger partial charge in [-0.15, -0.1) is 0 Å². The van der Waals surface area contributed by atoms with Gasteiger partial charge in [-0.3, -0.25) is 4.79 Å². The second-order valence-electron chi connectivity index (χ2n) is 15.1. The van der Waals surface area contributed by atoms with Crippen LogP contribution in [-0.4, -0.2) is 75.6 Å². The minimum atomic E-state index is -1.21. The standard InChI is InChI=1S/C43H81NO7/c1-4-7-9-11-13-15-17-19-21-23-25-27-29-31-37(46)36(33-34-38-41(48)43(50-6-3)42(49)39(35-45)51-38)44-40(47)32-30-28-26-24-22-20-18-16-14-12-10-8-5-2/h6,29,31,36-39,41-43,45-46,48-49H,3-5,7-28,30,32-35H2,1-2H3,(H,44,47)/b31-29+/t36?,37?,38-,39+,41-,42-,43+/m1/s1. The molecule has 8 heteroatoms. The largest absolute Gasteiger partial charge is 0.493 e. The van der Waals surface area contributed by atoms with E-state index in [-0.39, 0.29) is 5.91 Å². The van der Waals surface area contributed by atoms with Gasteiger partial charge in [0.05, 0.1) is 31.1 Å². The number of allylic oxidation sites excluding steroid dienone is 1. The summed E-state index contributed by atoms with van der Waals surface area (Å²) in [6, 6.07) is -0.554. The summed E-state index contributed by atoms with van der Waals surface area (Å²) in [6.45, 7) is 7.62. The second-order valence-corrected chi connectivity index (χ2v) is 15.1. The summed E-state index contributed by atoms with van der Waals surface area (Å²) in [5, 5.41) is 45.3. The normalized spacial score (nSPS) is 21.9. The molecular formula is C43H81NO7. The van der Waals surface area contributed by atoms with E-state index >= 15 is 0 Å². The second kappa shape index (κ2) is 33.1. The minimum absolute atomic E-state index is 0.0810. The van der Waals surface area contributed by atoms with Crippen molar-refractivity contribution in [2.75, 3.05) is 6.61 Å². The lowest BCUT2D eigenvalue weighted by atomic mass is 9.90. The lowest BCUT2D eigenvalue weighted by molar-refractivity contribution is -0.232. The molecule has 7 atom stereocenters. The van der Waals surface area contributed by atoms with Gasteiger partial charge < -0.3 is 35.2 Å². The van der Waals surface area contributed by atoms with Gasteiger partial charge in [-0.05, 0) is 32.1 Å². The van der Waals surface area contributed by atoms with Crippen molar-refractivity contribution < 1.29 is 34.7 Å². The Balaban J connectivity index is 2.51. The molecule has 0 radical (unpaired) electrons. The molecule has 0 aromatic rings. The monoisotopic (exact) mass is 724 g/mol. The molecule has 2 unspecified atom stereocenters. The average molecular weight is 724 g/mol. The van der Waals surface area contributed by atoms with E-state index in [9.17, 15) is 25.2 Å². The van der Waals surface area contributed by atoms with Crippen LogP contribution in [0.25, 0.3) is 0 Å². The Bertz CT molecular complexity index is 839. The average Bonchev–Trinajstić information content (AvgIpc) is 3.12. The van der Waals surface area contributed by atoms with Crippen molar-refractivity contribution in [2.24, 2.45) is 0 Å². The van der Waals surface area contributed by atoms with Gasteiger partial charge in [0.25, 0.3) is 0 Å². The Labute approximate surface area is 313 Å². The Kier molecular flexibility index (Phi) is 30.9. The number of carbonyl (C=O) groups is 1. The fourth-order valence-electron chi connectivity index (χ4n) is 7.22. The fourth-order valence-corrected chi connectivity index (χ4v) is 7.22. The third kappa shape index (κ3) is 23.8. The van der Waals surface area contributed by atoms with Gasteiger partial charge in [-0.25, -0.2) is 0 Å². The predicted octanol–water partition coefficient (Wildman–Crippen LogP) is 9.36. The van der Waals surface area contributed by atoms with Crippen molar-refractivity contribution in [1.29, 1.82) is 0 Å². The topological polar surface area (TPSA) is 128 Å². The first kappa shape index (κ1) is 47.6. The summed E-state index contributed by atoms with van der Waals surface area (Å²) >= 11 is 0. The number of aliphatic hydroxyl groups is 4. The zero-order valence-electron chi connectivity index (χ0n) is 33.0. The first-order valence-electron chi connectivity index (χ1n) is 21.4. The molecule has 51 heavy (non-hydrogen) atoms. The van der Waals surface area contributed by atoms with Gasteiger partial charge in [-0.2, -0.15) is 0 Å². The van der Waals surface area contributed by atoms with Crippen LogP contribution in [0.4, 0.5) is 0 Å². The van der Waals surface area contributed by atoms with Crippen LogP contribution in [0.3, 0.4) is 0 Å². The predicted molar refractivity (Wildman–Crippen MR) is 211 cm³/mol. The molecule has 1 fully saturated rings. The quantitative estimate of drug-likeness (QED) is 0.0250. The zero-order valence-corrected chi connectivity index (χ0v) is 33.0. The number of carbonyl (C=O) groups excluding carboxylic acids is 1. The Hall–Kier alpha value is -1.45. The van der Waals surface area contributed by atoms with Gasteiger partial charge in [0.2, 0.25) is 5.91 Å². The fraction of sp³-hybridized carbons (Fsp3) is 0.884. The maximum Gasteiger partial charge on any atom is 0.220 e. The zero-order chi connectivity index (χ0) is 37.4. The first-order chi connectivity index (χ1) is 24.9. The number of hydrogen-bond donors (Lipinski definition) is 5. The van der Waals surface area contributed by atoms with E-state index in [0.29, 0.717) is 19.3 Å². The number of hydrogen-bond acceptors (Lipinski definition) is 7. The molecule has 1 saturated heterocycles. The van der Waals surface area contributed by atoms with Crippen LogP contribution in [0.2, 0.25) is 0 Å². The lowest BCUT2D eigenvalue weighted by Gasteiger charge is -2.42. The van der Waals surface area contributed by atoms with Crippen LogP contribution in [0.5, 0.6) is 0 Å². The van der Waals surface area contributed by atoms with Crippen molar-refractivity contribution in [1.82, 2.24) is 5.32 Å². The summed E-state index contributed by atoms with van der Waals surface area (Å²) in [7, 11) is 0. The molecule has 1 heterocycles. The van der Waals surface area contributed by atoms with Crippen molar-refractivity contribution in [3.05, 3.63) is 25.0 Å². The summed E-state index contributed by atoms with van der Waals surface area (Å²) in [4.78, 5) is 13.0. The molecule has 1 rings (SSSR count). The molecule has 0 aliphatic carbocycles. The van der Waals surface area contributed by atoms with Crippen LogP contribution in [0.15, 0.2) is 25.0 Å². The lowest BCUT2D eigenvalue weighted by Crippen LogP contribution is -2.59. The molecule has 0 spiro atoms. The molecule has 0 saturated carbocycles. The molecule has 300 valence electrons. The number of unbranched alkanes of at least 4 members (excludes halogenated alkanes) is 23. The highest BCUT2D eigenvalue weighted by atomic mass is 16.6. The van der Waals surface area contributed by atoms with E-state index < -0.39 is 49.3 Å². The minimum Gasteiger partial charge on any atom is -0.493 e. The Morgan fingerprint density at radius 1 is 0.725 bits per heavy atom. The summed E-state index contributed by atoms with van der Waals surface area (Å²) in [6.07, 6.45) is 31.4. The van der Waals surface area contributed by atoms with Crippen molar-refractivity contribution in [3.8, 4) is 0 Å². The number of ether oxygens (including phenoxy) is 2. The number of nitrogens with one attached hydrogen (secondary N) is 1. The Morgan fingerprint density at radius 2 is 1.18 bits per heavy atom. The van der Waals surface area contributed by atoms with Crippen LogP contribution in [-0.2, 0) is 14.3 Å². The molecule has 1 aliphatic rings. The first-order valence-corrected chi connectivity index (χ1v) is 21.4. The molecule has 1 amide bonds. The third-order valence-corrected chi connectivity index (χ3v) is 10.6. The van der Waals surface area contributed by atoms with E-state index in [1.165, 1.54) is 128 Å². The SMILES string of the molecule is C=CO[C@@H]1[C@H](O)[C@H](CO)O[C@H](CCC(NC(=O)CCCCCCCCCCCCCCC)C(O)/C=C/CCCCCCCCCCCCC)[C@H]1O. The van der Waals surface area contributed by atoms with Crippen molar-refractivity contribution in [2.45, 2.75) is 236 Å². The number of aliphatic hydroxyl groups excluding tert-OH is 4. The molecule has 1 aliphatic heterocycles. The van der Waals surface area contributed by atoms with Crippen LogP contribution in [0, 0.1) is 0 Å². The van der Waals surface area contributed by atoms with Gasteiger partial charge in [0.15, 0.2) is 6.10 Å². The molecule has 0 aromatic heterocycles. The molecule has 0 bridgehead atoms. The van der Waals surface area contributed by atoms with E-state index in [0.717, 1.165) is 38.4 Å². The maximum absolute atomic E-state index is 13.0. The highest BCUT2D eigenvalue weighted by molar-refractivity contribution is 5.76. The van der Waals surface area contributed by atoms with Crippen LogP contribution >= 0.6 is 0 Å². The maximum atomic E-state index is 13.0. The molecule has 0 aromatic carbocycles. The molecule has 5 N–H and O–H groups in total. The molecule has 8 nitrogen and oxygen atoms in total. The highest BCUT2D eigenvalue weighted by Gasteiger charge is 2.45. The Morgan fingerprint density at radius 3 is 1.65 bits per heavy atom. The number of rotatable bonds is 35. The molecular weight excluding hydrogens is 642 g/mol. The van der Waals surface area contributed by atoms with Gasteiger partial charge in [0.1, 0.15) is 18.3 Å². The van der Waals surface area contributed by atoms with Crippen molar-refractivity contribution in [3.63, 3.8) is 0 Å². The summed E-state index contributed by atoms with van der Waals surface area (Å²) < 4.78 is 11.2. The van der Waals surface area contributed by atoms with Gasteiger partial charge in [-0.1, -0.05) is 174 Å². The smallest absolute Gasteiger partial charge is 0.220 e. The van der Waals surface area contributed by atoms with Gasteiger partial charge >= 0.3 is 0 Å². The van der Waals surface area contributed by atoms with E-state index in [4.69, 9.17) is 9.47 Å². The van der Waals surface area contributed by atoms with E-state index in [1.807, 2.05) is 6.08 Å². The van der Waals surface area contributed by atoms with E-state index in [2.05, 4.69) is 25.7 Å². The van der Waals surface area contributed by atoms with Crippen LogP contribution < -0.4 is 5.32 Å². The summed E-state index contributed by atoms with van der Waals surface area (Å²) in [5.74, 6) is -0.0810. The highest BCUT2D eigenvalue weighted by Crippen LogP contribution is 2.27. The van der Waals surface area contributed by atoms with Crippen molar-refractivity contribution >= 4 is 5.91 Å². The number of amides is 1. The third-order valence-electron chi connectivity index (χ3n) is 10.6. The summed E-state index contributed by atoms with van der Waals surface area (Å²) in [5.41, 5.74) is 0.